The number of anilines is 1. The molecule has 0 aliphatic heterocycles. The lowest BCUT2D eigenvalue weighted by atomic mass is 10.1. The minimum absolute atomic E-state index is 0.0993. The molecule has 0 spiro atoms. The summed E-state index contributed by atoms with van der Waals surface area (Å²) in [5, 5.41) is 12.4. The molecule has 0 atom stereocenters. The quantitative estimate of drug-likeness (QED) is 0.517. The molecular formula is C20H18F3N3O3S. The van der Waals surface area contributed by atoms with Gasteiger partial charge in [-0.05, 0) is 31.0 Å². The minimum Gasteiger partial charge on any atom is -0.492 e. The van der Waals surface area contributed by atoms with Crippen LogP contribution < -0.4 is 10.1 Å². The Balaban J connectivity index is 1.66. The molecule has 1 aromatic carbocycles. The van der Waals surface area contributed by atoms with Crippen molar-refractivity contribution in [3.8, 4) is 16.3 Å². The Morgan fingerprint density at radius 1 is 1.20 bits per heavy atom. The Hall–Kier alpha value is -3.14. The summed E-state index contributed by atoms with van der Waals surface area (Å²) >= 11 is 1.06. The molecule has 2 N–H and O–H groups in total. The average molecular weight is 437 g/mol. The number of hydrogen-bond donors (Lipinski definition) is 2. The molecule has 0 amide bonds. The third-order valence-electron chi connectivity index (χ3n) is 4.11. The molecule has 3 aromatic rings. The van der Waals surface area contributed by atoms with Crippen LogP contribution in [-0.2, 0) is 12.6 Å². The highest BCUT2D eigenvalue weighted by molar-refractivity contribution is 7.17. The summed E-state index contributed by atoms with van der Waals surface area (Å²) in [5.74, 6) is -0.255. The molecule has 0 aliphatic carbocycles. The molecule has 2 heterocycles. The maximum absolute atomic E-state index is 12.6. The molecule has 0 saturated carbocycles. The van der Waals surface area contributed by atoms with Crippen molar-refractivity contribution in [2.75, 3.05) is 18.5 Å². The van der Waals surface area contributed by atoms with Gasteiger partial charge >= 0.3 is 12.1 Å². The number of ether oxygens (including phenoxy) is 1. The fourth-order valence-corrected chi connectivity index (χ4v) is 3.60. The molecule has 2 aromatic heterocycles. The van der Waals surface area contributed by atoms with Crippen LogP contribution in [0, 0.1) is 0 Å². The summed E-state index contributed by atoms with van der Waals surface area (Å²) in [6.07, 6.45) is -2.48. The van der Waals surface area contributed by atoms with Crippen LogP contribution in [0.5, 0.6) is 5.75 Å². The van der Waals surface area contributed by atoms with E-state index in [0.717, 1.165) is 29.0 Å². The van der Waals surface area contributed by atoms with E-state index in [1.54, 1.807) is 19.1 Å². The summed E-state index contributed by atoms with van der Waals surface area (Å²) in [6.45, 7) is 2.57. The van der Waals surface area contributed by atoms with Crippen LogP contribution in [0.1, 0.15) is 27.7 Å². The molecule has 6 nitrogen and oxygen atoms in total. The summed E-state index contributed by atoms with van der Waals surface area (Å²) in [4.78, 5) is 20.4. The lowest BCUT2D eigenvalue weighted by molar-refractivity contribution is -0.137. The van der Waals surface area contributed by atoms with Crippen molar-refractivity contribution in [3.63, 3.8) is 0 Å². The van der Waals surface area contributed by atoms with Gasteiger partial charge in [-0.1, -0.05) is 12.1 Å². The molecule has 0 saturated heterocycles. The lowest BCUT2D eigenvalue weighted by Gasteiger charge is -2.09. The van der Waals surface area contributed by atoms with Crippen LogP contribution in [-0.4, -0.2) is 34.2 Å². The van der Waals surface area contributed by atoms with Gasteiger partial charge in [-0.2, -0.15) is 13.2 Å². The first-order valence-corrected chi connectivity index (χ1v) is 9.82. The van der Waals surface area contributed by atoms with Gasteiger partial charge in [0.15, 0.2) is 4.88 Å². The van der Waals surface area contributed by atoms with E-state index in [2.05, 4.69) is 15.3 Å². The van der Waals surface area contributed by atoms with E-state index < -0.39 is 17.7 Å². The SMILES string of the molecule is CCOc1cc(-c2cc(NCCc3ccc(C(F)(F)F)cc3)ncn2)sc1C(=O)O. The fraction of sp³-hybridized carbons (Fsp3) is 0.250. The monoisotopic (exact) mass is 437 g/mol. The molecule has 0 radical (unpaired) electrons. The maximum Gasteiger partial charge on any atom is 0.416 e. The molecule has 30 heavy (non-hydrogen) atoms. The average Bonchev–Trinajstić information content (AvgIpc) is 3.13. The van der Waals surface area contributed by atoms with Gasteiger partial charge in [0.25, 0.3) is 0 Å². The van der Waals surface area contributed by atoms with Crippen LogP contribution in [0.25, 0.3) is 10.6 Å². The highest BCUT2D eigenvalue weighted by atomic mass is 32.1. The van der Waals surface area contributed by atoms with Gasteiger partial charge < -0.3 is 15.2 Å². The molecule has 158 valence electrons. The summed E-state index contributed by atoms with van der Waals surface area (Å²) in [7, 11) is 0. The predicted molar refractivity (Wildman–Crippen MR) is 107 cm³/mol. The van der Waals surface area contributed by atoms with E-state index in [-0.39, 0.29) is 4.88 Å². The second-order valence-corrected chi connectivity index (χ2v) is 7.25. The number of aromatic nitrogens is 2. The smallest absolute Gasteiger partial charge is 0.416 e. The zero-order chi connectivity index (χ0) is 21.7. The minimum atomic E-state index is -4.35. The molecule has 0 aliphatic rings. The van der Waals surface area contributed by atoms with Crippen molar-refractivity contribution in [1.82, 2.24) is 9.97 Å². The normalized spacial score (nSPS) is 11.3. The highest BCUT2D eigenvalue weighted by Crippen LogP contribution is 2.36. The summed E-state index contributed by atoms with van der Waals surface area (Å²) < 4.78 is 43.2. The van der Waals surface area contributed by atoms with E-state index in [9.17, 15) is 23.1 Å². The second-order valence-electron chi connectivity index (χ2n) is 6.20. The number of nitrogens with one attached hydrogen (secondary N) is 1. The van der Waals surface area contributed by atoms with Gasteiger partial charge in [0, 0.05) is 18.7 Å². The zero-order valence-electron chi connectivity index (χ0n) is 15.9. The summed E-state index contributed by atoms with van der Waals surface area (Å²) in [6, 6.07) is 8.33. The van der Waals surface area contributed by atoms with Gasteiger partial charge in [0.1, 0.15) is 17.9 Å². The number of aromatic carboxylic acids is 1. The van der Waals surface area contributed by atoms with Crippen molar-refractivity contribution in [2.45, 2.75) is 19.5 Å². The van der Waals surface area contributed by atoms with E-state index >= 15 is 0 Å². The number of rotatable bonds is 8. The molecule has 0 unspecified atom stereocenters. The Labute approximate surface area is 174 Å². The molecule has 0 bridgehead atoms. The first kappa shape index (κ1) is 21.6. The Kier molecular flexibility index (Phi) is 6.56. The number of carbonyl (C=O) groups is 1. The number of carboxylic acid groups (broad SMARTS) is 1. The van der Waals surface area contributed by atoms with Crippen LogP contribution >= 0.6 is 11.3 Å². The summed E-state index contributed by atoms with van der Waals surface area (Å²) in [5.41, 5.74) is 0.624. The standard InChI is InChI=1S/C20H18F3N3O3S/c1-2-29-15-10-16(30-18(15)19(27)28)14-9-17(26-11-25-14)24-8-7-12-3-5-13(6-4-12)20(21,22)23/h3-6,9-11H,2,7-8H2,1H3,(H,27,28)(H,24,25,26). The molecule has 10 heteroatoms. The Bertz CT molecular complexity index is 1020. The number of carboxylic acids is 1. The van der Waals surface area contributed by atoms with Crippen LogP contribution in [0.3, 0.4) is 0 Å². The van der Waals surface area contributed by atoms with E-state index in [0.29, 0.717) is 41.7 Å². The van der Waals surface area contributed by atoms with Gasteiger partial charge in [0.2, 0.25) is 0 Å². The van der Waals surface area contributed by atoms with E-state index in [4.69, 9.17) is 4.74 Å². The third-order valence-corrected chi connectivity index (χ3v) is 5.24. The number of nitrogens with zero attached hydrogens (tertiary/aromatic N) is 2. The highest BCUT2D eigenvalue weighted by Gasteiger charge is 2.29. The number of thiophene rings is 1. The number of alkyl halides is 3. The fourth-order valence-electron chi connectivity index (χ4n) is 2.70. The molecule has 3 rings (SSSR count). The second kappa shape index (κ2) is 9.12. The van der Waals surface area contributed by atoms with Gasteiger partial charge in [-0.15, -0.1) is 11.3 Å². The van der Waals surface area contributed by atoms with Crippen LogP contribution in [0.15, 0.2) is 42.7 Å². The van der Waals surface area contributed by atoms with E-state index in [1.165, 1.54) is 18.5 Å². The van der Waals surface area contributed by atoms with Crippen molar-refractivity contribution >= 4 is 23.1 Å². The Morgan fingerprint density at radius 2 is 1.93 bits per heavy atom. The number of halogens is 3. The maximum atomic E-state index is 12.6. The third kappa shape index (κ3) is 5.26. The van der Waals surface area contributed by atoms with Crippen LogP contribution in [0.4, 0.5) is 19.0 Å². The van der Waals surface area contributed by atoms with E-state index in [1.807, 2.05) is 0 Å². The largest absolute Gasteiger partial charge is 0.492 e. The van der Waals surface area contributed by atoms with Crippen molar-refractivity contribution in [1.29, 1.82) is 0 Å². The van der Waals surface area contributed by atoms with Crippen molar-refractivity contribution < 1.29 is 27.8 Å². The predicted octanol–water partition coefficient (Wildman–Crippen LogP) is 4.98. The zero-order valence-corrected chi connectivity index (χ0v) is 16.7. The Morgan fingerprint density at radius 3 is 2.57 bits per heavy atom. The lowest BCUT2D eigenvalue weighted by Crippen LogP contribution is -2.08. The first-order valence-electron chi connectivity index (χ1n) is 9.00. The first-order chi connectivity index (χ1) is 14.3. The molecular weight excluding hydrogens is 419 g/mol. The van der Waals surface area contributed by atoms with Gasteiger partial charge in [-0.25, -0.2) is 14.8 Å². The topological polar surface area (TPSA) is 84.3 Å². The van der Waals surface area contributed by atoms with Crippen LogP contribution in [0.2, 0.25) is 0 Å². The number of hydrogen-bond acceptors (Lipinski definition) is 6. The van der Waals surface area contributed by atoms with Gasteiger partial charge in [0.05, 0.1) is 22.7 Å². The number of benzene rings is 1. The van der Waals surface area contributed by atoms with Gasteiger partial charge in [-0.3, -0.25) is 0 Å². The van der Waals surface area contributed by atoms with Crippen molar-refractivity contribution in [3.05, 3.63) is 58.7 Å². The van der Waals surface area contributed by atoms with Crippen molar-refractivity contribution in [2.24, 2.45) is 0 Å². The molecule has 0 fully saturated rings.